The van der Waals surface area contributed by atoms with Gasteiger partial charge in [0.25, 0.3) is 0 Å². The van der Waals surface area contributed by atoms with Crippen molar-refractivity contribution in [3.05, 3.63) is 53.1 Å². The molecule has 0 saturated heterocycles. The number of amides is 1. The molecule has 0 aliphatic rings. The molecule has 1 N–H and O–H groups in total. The fraction of sp³-hybridized carbons (Fsp3) is 0.545. The van der Waals surface area contributed by atoms with Crippen LogP contribution in [0, 0.1) is 0 Å². The Bertz CT molecular complexity index is 1190. The van der Waals surface area contributed by atoms with Crippen molar-refractivity contribution >= 4 is 23.5 Å². The number of rotatable bonds is 13. The highest BCUT2D eigenvalue weighted by Gasteiger charge is 2.24. The number of carbonyl (C=O) groups excluding carboxylic acids is 3. The number of methoxy groups -OCH3 is 2. The van der Waals surface area contributed by atoms with Crippen LogP contribution in [0.5, 0.6) is 11.5 Å². The maximum atomic E-state index is 13.5. The lowest BCUT2D eigenvalue weighted by Gasteiger charge is -2.25. The second-order valence-corrected chi connectivity index (χ2v) is 12.2. The van der Waals surface area contributed by atoms with Crippen molar-refractivity contribution in [2.75, 3.05) is 26.1 Å². The van der Waals surface area contributed by atoms with Crippen LogP contribution >= 0.6 is 0 Å². The molecule has 0 spiro atoms. The number of hydrogen-bond acceptors (Lipinski definition) is 7. The van der Waals surface area contributed by atoms with Crippen LogP contribution in [0.15, 0.2) is 36.4 Å². The number of nitrogens with one attached hydrogen (secondary N) is 1. The van der Waals surface area contributed by atoms with E-state index in [-0.39, 0.29) is 30.3 Å². The van der Waals surface area contributed by atoms with Gasteiger partial charge in [-0.25, -0.2) is 9.59 Å². The highest BCUT2D eigenvalue weighted by molar-refractivity contribution is 5.96. The maximum Gasteiger partial charge on any atom is 0.344 e. The molecule has 226 valence electrons. The molecule has 2 aromatic carbocycles. The molecule has 8 heteroatoms. The van der Waals surface area contributed by atoms with Gasteiger partial charge in [0.1, 0.15) is 17.1 Å². The Hall–Kier alpha value is -3.55. The van der Waals surface area contributed by atoms with Gasteiger partial charge in [-0.05, 0) is 67.9 Å². The molecule has 0 saturated carbocycles. The van der Waals surface area contributed by atoms with E-state index in [2.05, 4.69) is 33.0 Å². The second-order valence-electron chi connectivity index (χ2n) is 12.2. The number of unbranched alkanes of at least 4 members (excludes halogenated alkanes) is 2. The predicted octanol–water partition coefficient (Wildman–Crippen LogP) is 7.19. The maximum absolute atomic E-state index is 13.5. The largest absolute Gasteiger partial charge is 0.496 e. The standard InChI is InChI=1S/C33H47NO7/c1-10-11-12-13-22(25-16-15-24(20-28(25)38-8)40-21-30(36)41-33(5,6)7)19-29(35)34-27-18-23(31(37)39-9)14-17-26(27)32(2,3)4/h14-18,20,22H,10-13,19,21H2,1-9H3,(H,34,35). The summed E-state index contributed by atoms with van der Waals surface area (Å²) in [6.07, 6.45) is 4.09. The summed E-state index contributed by atoms with van der Waals surface area (Å²) in [5, 5.41) is 3.06. The second kappa shape index (κ2) is 14.9. The normalized spacial score (nSPS) is 12.3. The number of hydrogen-bond donors (Lipinski definition) is 1. The lowest BCUT2D eigenvalue weighted by Crippen LogP contribution is -2.27. The molecule has 0 radical (unpaired) electrons. The summed E-state index contributed by atoms with van der Waals surface area (Å²) in [7, 11) is 2.91. The molecule has 1 amide bonds. The van der Waals surface area contributed by atoms with Crippen molar-refractivity contribution in [2.24, 2.45) is 0 Å². The summed E-state index contributed by atoms with van der Waals surface area (Å²) in [6, 6.07) is 10.7. The number of benzene rings is 2. The van der Waals surface area contributed by atoms with E-state index < -0.39 is 17.5 Å². The lowest BCUT2D eigenvalue weighted by molar-refractivity contribution is -0.157. The molecule has 0 aliphatic heterocycles. The minimum atomic E-state index is -0.595. The summed E-state index contributed by atoms with van der Waals surface area (Å²) in [5.41, 5.74) is 1.93. The molecule has 0 aromatic heterocycles. The fourth-order valence-electron chi connectivity index (χ4n) is 4.61. The van der Waals surface area contributed by atoms with Crippen molar-refractivity contribution < 1.29 is 33.3 Å². The van der Waals surface area contributed by atoms with Gasteiger partial charge in [-0.1, -0.05) is 59.1 Å². The molecule has 0 aliphatic carbocycles. The molecular weight excluding hydrogens is 522 g/mol. The first-order valence-corrected chi connectivity index (χ1v) is 14.2. The number of ether oxygens (including phenoxy) is 4. The Labute approximate surface area is 245 Å². The van der Waals surface area contributed by atoms with Crippen molar-refractivity contribution in [2.45, 2.75) is 97.5 Å². The summed E-state index contributed by atoms with van der Waals surface area (Å²) in [5.74, 6) is -0.131. The molecule has 0 bridgehead atoms. The van der Waals surface area contributed by atoms with Gasteiger partial charge >= 0.3 is 11.9 Å². The monoisotopic (exact) mass is 569 g/mol. The summed E-state index contributed by atoms with van der Waals surface area (Å²) >= 11 is 0. The first-order valence-electron chi connectivity index (χ1n) is 14.2. The van der Waals surface area contributed by atoms with Gasteiger partial charge in [-0.3, -0.25) is 4.79 Å². The Morgan fingerprint density at radius 1 is 0.927 bits per heavy atom. The van der Waals surface area contributed by atoms with Gasteiger partial charge in [0.15, 0.2) is 6.61 Å². The molecular formula is C33H47NO7. The van der Waals surface area contributed by atoms with E-state index in [1.165, 1.54) is 7.11 Å². The zero-order chi connectivity index (χ0) is 30.8. The van der Waals surface area contributed by atoms with E-state index in [4.69, 9.17) is 18.9 Å². The Kier molecular flexibility index (Phi) is 12.2. The van der Waals surface area contributed by atoms with Crippen LogP contribution in [0.1, 0.15) is 108 Å². The van der Waals surface area contributed by atoms with Crippen LogP contribution in [-0.4, -0.2) is 44.3 Å². The van der Waals surface area contributed by atoms with Crippen molar-refractivity contribution in [3.63, 3.8) is 0 Å². The van der Waals surface area contributed by atoms with Gasteiger partial charge in [0.05, 0.1) is 19.8 Å². The van der Waals surface area contributed by atoms with Crippen molar-refractivity contribution in [3.8, 4) is 11.5 Å². The third-order valence-corrected chi connectivity index (χ3v) is 6.53. The van der Waals surface area contributed by atoms with E-state index in [0.29, 0.717) is 22.7 Å². The Morgan fingerprint density at radius 3 is 2.22 bits per heavy atom. The summed E-state index contributed by atoms with van der Waals surface area (Å²) in [6.45, 7) is 13.5. The van der Waals surface area contributed by atoms with Crippen LogP contribution in [0.25, 0.3) is 0 Å². The molecule has 1 unspecified atom stereocenters. The Morgan fingerprint density at radius 2 is 1.63 bits per heavy atom. The van der Waals surface area contributed by atoms with Gasteiger partial charge < -0.3 is 24.3 Å². The number of anilines is 1. The zero-order valence-corrected chi connectivity index (χ0v) is 26.1. The lowest BCUT2D eigenvalue weighted by atomic mass is 9.85. The van der Waals surface area contributed by atoms with Gasteiger partial charge in [0, 0.05) is 18.2 Å². The summed E-state index contributed by atoms with van der Waals surface area (Å²) < 4.78 is 21.6. The number of carbonyl (C=O) groups is 3. The zero-order valence-electron chi connectivity index (χ0n) is 26.1. The number of esters is 2. The average Bonchev–Trinajstić information content (AvgIpc) is 2.89. The molecule has 0 heterocycles. The third-order valence-electron chi connectivity index (χ3n) is 6.53. The summed E-state index contributed by atoms with van der Waals surface area (Å²) in [4.78, 5) is 37.7. The highest BCUT2D eigenvalue weighted by Crippen LogP contribution is 2.37. The van der Waals surface area contributed by atoms with Gasteiger partial charge in [0.2, 0.25) is 5.91 Å². The molecule has 41 heavy (non-hydrogen) atoms. The molecule has 2 rings (SSSR count). The van der Waals surface area contributed by atoms with Crippen LogP contribution < -0.4 is 14.8 Å². The first kappa shape index (κ1) is 33.7. The smallest absolute Gasteiger partial charge is 0.344 e. The van der Waals surface area contributed by atoms with E-state index in [9.17, 15) is 14.4 Å². The quantitative estimate of drug-likeness (QED) is 0.201. The van der Waals surface area contributed by atoms with Crippen LogP contribution in [0.4, 0.5) is 5.69 Å². The van der Waals surface area contributed by atoms with Gasteiger partial charge in [-0.2, -0.15) is 0 Å². The molecule has 1 atom stereocenters. The van der Waals surface area contributed by atoms with Crippen molar-refractivity contribution in [1.29, 1.82) is 0 Å². The van der Waals surface area contributed by atoms with Gasteiger partial charge in [-0.15, -0.1) is 0 Å². The van der Waals surface area contributed by atoms with E-state index in [0.717, 1.165) is 36.8 Å². The minimum absolute atomic E-state index is 0.113. The topological polar surface area (TPSA) is 100 Å². The minimum Gasteiger partial charge on any atom is -0.496 e. The fourth-order valence-corrected chi connectivity index (χ4v) is 4.61. The highest BCUT2D eigenvalue weighted by atomic mass is 16.6. The van der Waals surface area contributed by atoms with Crippen LogP contribution in [-0.2, 0) is 24.5 Å². The van der Waals surface area contributed by atoms with E-state index in [1.807, 2.05) is 12.1 Å². The average molecular weight is 570 g/mol. The molecule has 0 fully saturated rings. The predicted molar refractivity (Wildman–Crippen MR) is 161 cm³/mol. The third kappa shape index (κ3) is 10.7. The van der Waals surface area contributed by atoms with E-state index in [1.54, 1.807) is 52.1 Å². The SMILES string of the molecule is CCCCCC(CC(=O)Nc1cc(C(=O)OC)ccc1C(C)(C)C)c1ccc(OCC(=O)OC(C)(C)C)cc1OC. The molecule has 8 nitrogen and oxygen atoms in total. The van der Waals surface area contributed by atoms with Crippen LogP contribution in [0.2, 0.25) is 0 Å². The Balaban J connectivity index is 2.30. The van der Waals surface area contributed by atoms with Crippen LogP contribution in [0.3, 0.4) is 0 Å². The van der Waals surface area contributed by atoms with E-state index >= 15 is 0 Å². The van der Waals surface area contributed by atoms with Crippen molar-refractivity contribution in [1.82, 2.24) is 0 Å². The molecule has 2 aromatic rings. The first-order chi connectivity index (χ1) is 19.2.